The van der Waals surface area contributed by atoms with Gasteiger partial charge in [0.1, 0.15) is 0 Å². The number of hydrogen-bond acceptors (Lipinski definition) is 3. The van der Waals surface area contributed by atoms with Gasteiger partial charge in [-0.15, -0.1) is 0 Å². The molecule has 2 aromatic rings. The molecule has 1 aromatic carbocycles. The Morgan fingerprint density at radius 2 is 1.94 bits per heavy atom. The van der Waals surface area contributed by atoms with E-state index >= 15 is 0 Å². The van der Waals surface area contributed by atoms with Gasteiger partial charge in [-0.25, -0.2) is 0 Å². The number of benzene rings is 1. The van der Waals surface area contributed by atoms with Crippen LogP contribution in [-0.2, 0) is 0 Å². The number of hydrogen-bond donors (Lipinski definition) is 1. The molecule has 1 heterocycles. The van der Waals surface area contributed by atoms with Gasteiger partial charge in [0.15, 0.2) is 0 Å². The number of aromatic nitrogens is 1. The Morgan fingerprint density at radius 3 is 2.53 bits per heavy atom. The van der Waals surface area contributed by atoms with E-state index in [4.69, 9.17) is 11.0 Å². The van der Waals surface area contributed by atoms with E-state index < -0.39 is 0 Å². The van der Waals surface area contributed by atoms with Crippen molar-refractivity contribution in [3.05, 3.63) is 66.0 Å². The summed E-state index contributed by atoms with van der Waals surface area (Å²) in [6.45, 7) is 0. The van der Waals surface area contributed by atoms with E-state index in [0.717, 1.165) is 16.7 Å². The van der Waals surface area contributed by atoms with Crippen LogP contribution >= 0.6 is 0 Å². The zero-order valence-electron chi connectivity index (χ0n) is 9.17. The van der Waals surface area contributed by atoms with E-state index in [2.05, 4.69) is 11.1 Å². The Bertz CT molecular complexity index is 563. The van der Waals surface area contributed by atoms with Gasteiger partial charge < -0.3 is 5.73 Å². The van der Waals surface area contributed by atoms with E-state index in [0.29, 0.717) is 5.69 Å². The van der Waals surface area contributed by atoms with Gasteiger partial charge in [0.25, 0.3) is 0 Å². The Kier molecular flexibility index (Phi) is 3.18. The molecule has 0 bridgehead atoms. The fraction of sp³-hybridized carbons (Fsp3) is 0. The van der Waals surface area contributed by atoms with Gasteiger partial charge in [-0.05, 0) is 23.8 Å². The number of allylic oxidation sites excluding steroid dienone is 1. The lowest BCUT2D eigenvalue weighted by Gasteiger charge is -2.06. The normalized spacial score (nSPS) is 10.9. The van der Waals surface area contributed by atoms with Crippen molar-refractivity contribution in [2.75, 3.05) is 5.73 Å². The maximum Gasteiger partial charge on any atom is 0.0918 e. The summed E-state index contributed by atoms with van der Waals surface area (Å²) in [6.07, 6.45) is 4.96. The first-order valence-electron chi connectivity index (χ1n) is 5.17. The highest BCUT2D eigenvalue weighted by atomic mass is 14.6. The van der Waals surface area contributed by atoms with Crippen LogP contribution in [0.4, 0.5) is 5.69 Å². The van der Waals surface area contributed by atoms with Crippen LogP contribution in [0.15, 0.2) is 54.9 Å². The highest BCUT2D eigenvalue weighted by molar-refractivity contribution is 5.81. The van der Waals surface area contributed by atoms with Crippen molar-refractivity contribution in [1.29, 1.82) is 5.26 Å². The minimum absolute atomic E-state index is 0.705. The zero-order valence-corrected chi connectivity index (χ0v) is 9.17. The van der Waals surface area contributed by atoms with Gasteiger partial charge in [-0.2, -0.15) is 5.26 Å². The zero-order chi connectivity index (χ0) is 12.1. The molecule has 0 aliphatic carbocycles. The second-order valence-corrected chi connectivity index (χ2v) is 3.55. The lowest BCUT2D eigenvalue weighted by atomic mass is 9.99. The summed E-state index contributed by atoms with van der Waals surface area (Å²) in [4.78, 5) is 4.06. The quantitative estimate of drug-likeness (QED) is 0.626. The van der Waals surface area contributed by atoms with Crippen LogP contribution in [0.25, 0.3) is 5.57 Å². The summed E-state index contributed by atoms with van der Waals surface area (Å²) >= 11 is 0. The molecule has 0 unspecified atom stereocenters. The third-order valence-corrected chi connectivity index (χ3v) is 2.40. The molecule has 0 atom stereocenters. The van der Waals surface area contributed by atoms with Gasteiger partial charge in [0.2, 0.25) is 0 Å². The van der Waals surface area contributed by atoms with Crippen LogP contribution in [0.1, 0.15) is 11.1 Å². The first kappa shape index (κ1) is 10.9. The number of pyridine rings is 1. The van der Waals surface area contributed by atoms with Gasteiger partial charge in [-0.1, -0.05) is 18.2 Å². The largest absolute Gasteiger partial charge is 0.399 e. The van der Waals surface area contributed by atoms with E-state index in [1.54, 1.807) is 12.4 Å². The molecule has 0 aliphatic heterocycles. The first-order chi connectivity index (χ1) is 8.31. The minimum Gasteiger partial charge on any atom is -0.399 e. The summed E-state index contributed by atoms with van der Waals surface area (Å²) < 4.78 is 0. The molecule has 0 saturated carbocycles. The first-order valence-corrected chi connectivity index (χ1v) is 5.17. The van der Waals surface area contributed by atoms with E-state index in [9.17, 15) is 0 Å². The van der Waals surface area contributed by atoms with Crippen molar-refractivity contribution in [2.45, 2.75) is 0 Å². The molecule has 2 N–H and O–H groups in total. The predicted molar refractivity (Wildman–Crippen MR) is 67.8 cm³/mol. The van der Waals surface area contributed by atoms with Crippen molar-refractivity contribution < 1.29 is 0 Å². The third kappa shape index (κ3) is 2.50. The molecule has 17 heavy (non-hydrogen) atoms. The van der Waals surface area contributed by atoms with Crippen LogP contribution in [0.3, 0.4) is 0 Å². The van der Waals surface area contributed by atoms with Crippen LogP contribution in [0, 0.1) is 11.3 Å². The molecule has 0 aliphatic rings. The number of anilines is 1. The molecule has 0 amide bonds. The number of nitrogens with two attached hydrogens (primary N) is 1. The predicted octanol–water partition coefficient (Wildman–Crippen LogP) is 2.62. The molecule has 2 rings (SSSR count). The number of nitrogens with zero attached hydrogens (tertiary/aromatic N) is 2. The summed E-state index contributed by atoms with van der Waals surface area (Å²) in [5.74, 6) is 0. The molecule has 0 radical (unpaired) electrons. The van der Waals surface area contributed by atoms with Gasteiger partial charge in [-0.3, -0.25) is 4.98 Å². The van der Waals surface area contributed by atoms with Crippen molar-refractivity contribution in [2.24, 2.45) is 0 Å². The van der Waals surface area contributed by atoms with Crippen molar-refractivity contribution in [3.63, 3.8) is 0 Å². The summed E-state index contributed by atoms with van der Waals surface area (Å²) in [5.41, 5.74) is 9.06. The standard InChI is InChI=1S/C14H11N3/c15-8-7-14(12-2-1-9-17-10-12)11-3-5-13(16)6-4-11/h1-7,9-10H,16H2/b14-7-. The SMILES string of the molecule is N#C/C=C(/c1ccc(N)cc1)c1cccnc1. The average molecular weight is 221 g/mol. The summed E-state index contributed by atoms with van der Waals surface area (Å²) in [6, 6.07) is 13.2. The van der Waals surface area contributed by atoms with Gasteiger partial charge in [0, 0.05) is 35.3 Å². The van der Waals surface area contributed by atoms with E-state index in [1.165, 1.54) is 6.08 Å². The molecule has 3 heteroatoms. The molecule has 3 nitrogen and oxygen atoms in total. The smallest absolute Gasteiger partial charge is 0.0918 e. The topological polar surface area (TPSA) is 62.7 Å². The van der Waals surface area contributed by atoms with E-state index in [-0.39, 0.29) is 0 Å². The number of nitrogen functional groups attached to an aromatic ring is 1. The summed E-state index contributed by atoms with van der Waals surface area (Å²) in [5, 5.41) is 8.84. The molecule has 0 spiro atoms. The molecule has 1 aromatic heterocycles. The highest BCUT2D eigenvalue weighted by Crippen LogP contribution is 2.23. The number of rotatable bonds is 2. The van der Waals surface area contributed by atoms with Crippen molar-refractivity contribution in [1.82, 2.24) is 4.98 Å². The number of nitriles is 1. The average Bonchev–Trinajstić information content (AvgIpc) is 2.38. The second kappa shape index (κ2) is 4.95. The van der Waals surface area contributed by atoms with Crippen LogP contribution in [-0.4, -0.2) is 4.98 Å². The summed E-state index contributed by atoms with van der Waals surface area (Å²) in [7, 11) is 0. The minimum atomic E-state index is 0.705. The van der Waals surface area contributed by atoms with Gasteiger partial charge >= 0.3 is 0 Å². The van der Waals surface area contributed by atoms with Crippen LogP contribution in [0.2, 0.25) is 0 Å². The molecular weight excluding hydrogens is 210 g/mol. The van der Waals surface area contributed by atoms with Crippen molar-refractivity contribution >= 4 is 11.3 Å². The van der Waals surface area contributed by atoms with Crippen LogP contribution in [0.5, 0.6) is 0 Å². The molecular formula is C14H11N3. The molecule has 0 fully saturated rings. The fourth-order valence-electron chi connectivity index (χ4n) is 1.58. The fourth-order valence-corrected chi connectivity index (χ4v) is 1.58. The van der Waals surface area contributed by atoms with Crippen molar-refractivity contribution in [3.8, 4) is 6.07 Å². The maximum absolute atomic E-state index is 8.84. The lowest BCUT2D eigenvalue weighted by Crippen LogP contribution is -1.90. The maximum atomic E-state index is 8.84. The van der Waals surface area contributed by atoms with E-state index in [1.807, 2.05) is 36.4 Å². The molecule has 0 saturated heterocycles. The Hall–Kier alpha value is -2.60. The Labute approximate surface area is 99.8 Å². The lowest BCUT2D eigenvalue weighted by molar-refractivity contribution is 1.31. The highest BCUT2D eigenvalue weighted by Gasteiger charge is 2.04. The molecule has 82 valence electrons. The van der Waals surface area contributed by atoms with Crippen LogP contribution < -0.4 is 5.73 Å². The van der Waals surface area contributed by atoms with Gasteiger partial charge in [0.05, 0.1) is 6.07 Å². The Balaban J connectivity index is 2.48. The Morgan fingerprint density at radius 1 is 1.18 bits per heavy atom. The third-order valence-electron chi connectivity index (χ3n) is 2.40. The second-order valence-electron chi connectivity index (χ2n) is 3.55. The monoisotopic (exact) mass is 221 g/mol.